The van der Waals surface area contributed by atoms with Crippen LogP contribution in [0.5, 0.6) is 0 Å². The number of alkyl halides is 3. The van der Waals surface area contributed by atoms with Gasteiger partial charge in [0.2, 0.25) is 0 Å². The summed E-state index contributed by atoms with van der Waals surface area (Å²) in [7, 11) is 0. The number of pyridine rings is 1. The average molecular weight is 300 g/mol. The van der Waals surface area contributed by atoms with Crippen molar-refractivity contribution in [3.63, 3.8) is 0 Å². The van der Waals surface area contributed by atoms with Gasteiger partial charge in [0.05, 0.1) is 0 Å². The van der Waals surface area contributed by atoms with Gasteiger partial charge in [-0.05, 0) is 6.07 Å². The molecule has 0 aromatic carbocycles. The Kier molecular flexibility index (Phi) is 3.98. The predicted octanol–water partition coefficient (Wildman–Crippen LogP) is 3.27. The van der Waals surface area contributed by atoms with Crippen molar-refractivity contribution in [1.82, 2.24) is 4.98 Å². The van der Waals surface area contributed by atoms with Crippen LogP contribution in [-0.4, -0.2) is 16.1 Å². The van der Waals surface area contributed by atoms with Crippen LogP contribution < -0.4 is 0 Å². The number of aromatic nitrogens is 1. The van der Waals surface area contributed by atoms with Crippen molar-refractivity contribution in [2.24, 2.45) is 0 Å². The molecule has 1 aromatic heterocycles. The molecular formula is C8H5BrClF2NO2. The van der Waals surface area contributed by atoms with Crippen molar-refractivity contribution >= 4 is 33.5 Å². The summed E-state index contributed by atoms with van der Waals surface area (Å²) >= 11 is 8.64. The molecule has 3 nitrogen and oxygen atoms in total. The fourth-order valence-corrected chi connectivity index (χ4v) is 2.00. The van der Waals surface area contributed by atoms with E-state index in [4.69, 9.17) is 16.7 Å². The van der Waals surface area contributed by atoms with Crippen molar-refractivity contribution in [2.45, 2.75) is 11.8 Å². The van der Waals surface area contributed by atoms with Crippen molar-refractivity contribution in [1.29, 1.82) is 0 Å². The number of halogens is 4. The first kappa shape index (κ1) is 12.3. The average Bonchev–Trinajstić information content (AvgIpc) is 2.16. The molecule has 7 heteroatoms. The molecule has 0 fully saturated rings. The highest BCUT2D eigenvalue weighted by Gasteiger charge is 2.20. The van der Waals surface area contributed by atoms with Gasteiger partial charge in [0.25, 0.3) is 6.43 Å². The zero-order valence-electron chi connectivity index (χ0n) is 7.18. The van der Waals surface area contributed by atoms with Gasteiger partial charge in [-0.25, -0.2) is 18.6 Å². The van der Waals surface area contributed by atoms with E-state index < -0.39 is 23.8 Å². The molecule has 1 aromatic rings. The van der Waals surface area contributed by atoms with Crippen molar-refractivity contribution in [3.8, 4) is 0 Å². The van der Waals surface area contributed by atoms with Crippen LogP contribution in [0.3, 0.4) is 0 Å². The zero-order chi connectivity index (χ0) is 11.6. The van der Waals surface area contributed by atoms with Crippen LogP contribution >= 0.6 is 27.5 Å². The van der Waals surface area contributed by atoms with Crippen LogP contribution in [0, 0.1) is 0 Å². The molecule has 0 aliphatic rings. The summed E-state index contributed by atoms with van der Waals surface area (Å²) in [5, 5.41) is 8.66. The minimum absolute atomic E-state index is 0.0328. The molecule has 1 N–H and O–H groups in total. The van der Waals surface area contributed by atoms with Crippen LogP contribution in [0.1, 0.15) is 28.2 Å². The van der Waals surface area contributed by atoms with Gasteiger partial charge >= 0.3 is 5.97 Å². The lowest BCUT2D eigenvalue weighted by atomic mass is 10.2. The molecule has 0 atom stereocenters. The summed E-state index contributed by atoms with van der Waals surface area (Å²) in [5.74, 6) is -1.39. The normalized spacial score (nSPS) is 10.7. The van der Waals surface area contributed by atoms with Crippen molar-refractivity contribution < 1.29 is 18.7 Å². The molecule has 15 heavy (non-hydrogen) atoms. The van der Waals surface area contributed by atoms with E-state index in [0.717, 1.165) is 6.07 Å². The lowest BCUT2D eigenvalue weighted by Crippen LogP contribution is -2.06. The Balaban J connectivity index is 3.38. The first-order valence-corrected chi connectivity index (χ1v) is 5.24. The summed E-state index contributed by atoms with van der Waals surface area (Å²) in [6, 6.07) is 1.05. The topological polar surface area (TPSA) is 50.2 Å². The summed E-state index contributed by atoms with van der Waals surface area (Å²) in [6.45, 7) is 0. The Morgan fingerprint density at radius 2 is 2.27 bits per heavy atom. The molecule has 0 amide bonds. The van der Waals surface area contributed by atoms with Gasteiger partial charge < -0.3 is 5.11 Å². The van der Waals surface area contributed by atoms with Gasteiger partial charge in [-0.15, -0.1) is 0 Å². The number of carboxylic acid groups (broad SMARTS) is 1. The van der Waals surface area contributed by atoms with E-state index in [1.165, 1.54) is 0 Å². The summed E-state index contributed by atoms with van der Waals surface area (Å²) in [5.41, 5.74) is -0.978. The van der Waals surface area contributed by atoms with Crippen LogP contribution in [0.2, 0.25) is 5.02 Å². The van der Waals surface area contributed by atoms with Gasteiger partial charge in [0.1, 0.15) is 11.4 Å². The van der Waals surface area contributed by atoms with Crippen molar-refractivity contribution in [3.05, 3.63) is 28.0 Å². The maximum atomic E-state index is 12.5. The Morgan fingerprint density at radius 3 is 2.67 bits per heavy atom. The second kappa shape index (κ2) is 4.85. The highest BCUT2D eigenvalue weighted by molar-refractivity contribution is 9.08. The molecule has 0 saturated carbocycles. The summed E-state index contributed by atoms with van der Waals surface area (Å²) in [4.78, 5) is 13.9. The van der Waals surface area contributed by atoms with E-state index in [-0.39, 0.29) is 15.9 Å². The molecule has 82 valence electrons. The van der Waals surface area contributed by atoms with Crippen LogP contribution in [0.15, 0.2) is 6.07 Å². The second-order valence-electron chi connectivity index (χ2n) is 2.59. The lowest BCUT2D eigenvalue weighted by Gasteiger charge is -2.08. The molecule has 1 heterocycles. The Labute approximate surface area is 97.2 Å². The number of hydrogen-bond acceptors (Lipinski definition) is 2. The largest absolute Gasteiger partial charge is 0.477 e. The summed E-state index contributed by atoms with van der Waals surface area (Å²) < 4.78 is 25.0. The third kappa shape index (κ3) is 2.63. The third-order valence-electron chi connectivity index (χ3n) is 1.66. The fourth-order valence-electron chi connectivity index (χ4n) is 0.981. The van der Waals surface area contributed by atoms with Crippen LogP contribution in [0.25, 0.3) is 0 Å². The van der Waals surface area contributed by atoms with E-state index in [2.05, 4.69) is 20.9 Å². The first-order chi connectivity index (χ1) is 6.97. The minimum Gasteiger partial charge on any atom is -0.477 e. The predicted molar refractivity (Wildman–Crippen MR) is 53.8 cm³/mol. The number of nitrogens with zero attached hydrogens (tertiary/aromatic N) is 1. The van der Waals surface area contributed by atoms with E-state index in [1.807, 2.05) is 0 Å². The highest BCUT2D eigenvalue weighted by Crippen LogP contribution is 2.29. The Morgan fingerprint density at radius 1 is 1.67 bits per heavy atom. The van der Waals surface area contributed by atoms with E-state index >= 15 is 0 Å². The standard InChI is InChI=1S/C8H5BrClF2NO2/c9-2-3-4(10)1-5(8(14)15)13-6(3)7(11)12/h1,7H,2H2,(H,14,15). The minimum atomic E-state index is -2.85. The quantitative estimate of drug-likeness (QED) is 0.872. The number of hydrogen-bond donors (Lipinski definition) is 1. The molecule has 0 unspecified atom stereocenters. The number of carboxylic acids is 1. The van der Waals surface area contributed by atoms with Gasteiger partial charge in [0.15, 0.2) is 0 Å². The molecule has 0 bridgehead atoms. The Bertz CT molecular complexity index is 400. The molecule has 0 radical (unpaired) electrons. The molecule has 0 spiro atoms. The number of aromatic carboxylic acids is 1. The van der Waals surface area contributed by atoms with Crippen molar-refractivity contribution in [2.75, 3.05) is 0 Å². The van der Waals surface area contributed by atoms with Gasteiger partial charge in [0, 0.05) is 15.9 Å². The van der Waals surface area contributed by atoms with E-state index in [9.17, 15) is 13.6 Å². The number of carbonyl (C=O) groups is 1. The zero-order valence-corrected chi connectivity index (χ0v) is 9.52. The molecule has 0 aliphatic heterocycles. The highest BCUT2D eigenvalue weighted by atomic mass is 79.9. The van der Waals surface area contributed by atoms with Gasteiger partial charge in [-0.1, -0.05) is 27.5 Å². The van der Waals surface area contributed by atoms with Gasteiger partial charge in [-0.2, -0.15) is 0 Å². The maximum Gasteiger partial charge on any atom is 0.354 e. The first-order valence-electron chi connectivity index (χ1n) is 3.74. The molecule has 0 aliphatic carbocycles. The summed E-state index contributed by atoms with van der Waals surface area (Å²) in [6.07, 6.45) is -2.85. The van der Waals surface area contributed by atoms with Gasteiger partial charge in [-0.3, -0.25) is 0 Å². The lowest BCUT2D eigenvalue weighted by molar-refractivity contribution is 0.0688. The molecule has 0 saturated heterocycles. The van der Waals surface area contributed by atoms with E-state index in [0.29, 0.717) is 0 Å². The van der Waals surface area contributed by atoms with Crippen LogP contribution in [0.4, 0.5) is 8.78 Å². The Hall–Kier alpha value is -0.750. The fraction of sp³-hybridized carbons (Fsp3) is 0.250. The monoisotopic (exact) mass is 299 g/mol. The van der Waals surface area contributed by atoms with Crippen LogP contribution in [-0.2, 0) is 5.33 Å². The van der Waals surface area contributed by atoms with E-state index in [1.54, 1.807) is 0 Å². The number of rotatable bonds is 3. The SMILES string of the molecule is O=C(O)c1cc(Cl)c(CBr)c(C(F)F)n1. The second-order valence-corrected chi connectivity index (χ2v) is 3.56. The maximum absolute atomic E-state index is 12.5. The molecule has 1 rings (SSSR count). The third-order valence-corrected chi connectivity index (χ3v) is 2.56. The smallest absolute Gasteiger partial charge is 0.354 e. The molecular weight excluding hydrogens is 295 g/mol.